The lowest BCUT2D eigenvalue weighted by Crippen LogP contribution is -2.58. The molecule has 0 unspecified atom stereocenters. The Hall–Kier alpha value is -0.570. The average molecular weight is 184 g/mol. The van der Waals surface area contributed by atoms with Gasteiger partial charge in [-0.3, -0.25) is 4.79 Å². The fourth-order valence-corrected chi connectivity index (χ4v) is 1.86. The zero-order valence-electron chi connectivity index (χ0n) is 9.00. The van der Waals surface area contributed by atoms with Crippen LogP contribution in [0.2, 0.25) is 0 Å². The molecule has 1 amide bonds. The number of rotatable bonds is 1. The van der Waals surface area contributed by atoms with Gasteiger partial charge < -0.3 is 10.2 Å². The van der Waals surface area contributed by atoms with Gasteiger partial charge in [0.25, 0.3) is 0 Å². The van der Waals surface area contributed by atoms with Crippen molar-refractivity contribution in [2.24, 2.45) is 5.92 Å². The minimum atomic E-state index is 0.114. The van der Waals surface area contributed by atoms with Gasteiger partial charge in [0.05, 0.1) is 0 Å². The highest BCUT2D eigenvalue weighted by Gasteiger charge is 2.29. The van der Waals surface area contributed by atoms with Gasteiger partial charge in [-0.2, -0.15) is 0 Å². The molecule has 1 heterocycles. The van der Waals surface area contributed by atoms with Crippen molar-refractivity contribution < 1.29 is 4.79 Å². The van der Waals surface area contributed by atoms with Crippen molar-refractivity contribution in [1.82, 2.24) is 10.2 Å². The van der Waals surface area contributed by atoms with Gasteiger partial charge >= 0.3 is 0 Å². The number of hydrogen-bond acceptors (Lipinski definition) is 2. The summed E-state index contributed by atoms with van der Waals surface area (Å²) in [5.41, 5.74) is 0. The van der Waals surface area contributed by atoms with Gasteiger partial charge in [0.15, 0.2) is 0 Å². The van der Waals surface area contributed by atoms with Gasteiger partial charge in [0.2, 0.25) is 5.91 Å². The highest BCUT2D eigenvalue weighted by Crippen LogP contribution is 2.13. The Morgan fingerprint density at radius 1 is 1.31 bits per heavy atom. The smallest absolute Gasteiger partial charge is 0.225 e. The van der Waals surface area contributed by atoms with Crippen LogP contribution in [0.25, 0.3) is 0 Å². The molecule has 0 radical (unpaired) electrons. The highest BCUT2D eigenvalue weighted by molar-refractivity contribution is 5.78. The van der Waals surface area contributed by atoms with Crippen molar-refractivity contribution in [2.75, 3.05) is 13.1 Å². The van der Waals surface area contributed by atoms with E-state index >= 15 is 0 Å². The van der Waals surface area contributed by atoms with E-state index in [9.17, 15) is 4.79 Å². The molecule has 0 aliphatic carbocycles. The summed E-state index contributed by atoms with van der Waals surface area (Å²) in [5, 5.41) is 3.31. The number of amides is 1. The fraction of sp³-hybridized carbons (Fsp3) is 0.900. The Morgan fingerprint density at radius 2 is 1.77 bits per heavy atom. The van der Waals surface area contributed by atoms with Gasteiger partial charge in [-0.25, -0.2) is 0 Å². The molecule has 0 saturated carbocycles. The van der Waals surface area contributed by atoms with E-state index in [2.05, 4.69) is 19.2 Å². The second kappa shape index (κ2) is 4.09. The minimum Gasteiger partial charge on any atom is -0.335 e. The standard InChI is InChI=1S/C10H20N2O/c1-7(2)10(13)12-8(3)5-11-6-9(12)4/h7-9,11H,5-6H2,1-4H3/t8-,9+. The number of nitrogens with zero attached hydrogens (tertiary/aromatic N) is 1. The first-order valence-corrected chi connectivity index (χ1v) is 5.07. The first-order valence-electron chi connectivity index (χ1n) is 5.07. The molecule has 0 bridgehead atoms. The van der Waals surface area contributed by atoms with Crippen LogP contribution in [0.5, 0.6) is 0 Å². The third-order valence-corrected chi connectivity index (χ3v) is 2.58. The van der Waals surface area contributed by atoms with E-state index in [1.807, 2.05) is 18.7 Å². The second-order valence-corrected chi connectivity index (χ2v) is 4.26. The maximum Gasteiger partial charge on any atom is 0.225 e. The first-order chi connectivity index (χ1) is 6.04. The molecule has 3 nitrogen and oxygen atoms in total. The molecule has 0 aromatic heterocycles. The summed E-state index contributed by atoms with van der Waals surface area (Å²) in [5.74, 6) is 0.393. The van der Waals surface area contributed by atoms with Crippen LogP contribution in [-0.4, -0.2) is 36.0 Å². The van der Waals surface area contributed by atoms with Crippen LogP contribution < -0.4 is 5.32 Å². The van der Waals surface area contributed by atoms with E-state index < -0.39 is 0 Å². The normalized spacial score (nSPS) is 29.5. The quantitative estimate of drug-likeness (QED) is 0.655. The van der Waals surface area contributed by atoms with Crippen molar-refractivity contribution in [3.8, 4) is 0 Å². The van der Waals surface area contributed by atoms with Gasteiger partial charge in [0.1, 0.15) is 0 Å². The maximum atomic E-state index is 11.8. The molecule has 1 fully saturated rings. The lowest BCUT2D eigenvalue weighted by molar-refractivity contribution is -0.139. The lowest BCUT2D eigenvalue weighted by Gasteiger charge is -2.40. The summed E-state index contributed by atoms with van der Waals surface area (Å²) in [6.45, 7) is 9.96. The maximum absolute atomic E-state index is 11.8. The van der Waals surface area contributed by atoms with Gasteiger partial charge in [-0.15, -0.1) is 0 Å². The van der Waals surface area contributed by atoms with E-state index in [-0.39, 0.29) is 11.8 Å². The van der Waals surface area contributed by atoms with Crippen LogP contribution in [0, 0.1) is 5.92 Å². The lowest BCUT2D eigenvalue weighted by atomic mass is 10.1. The number of carbonyl (C=O) groups is 1. The molecule has 1 N–H and O–H groups in total. The molecular weight excluding hydrogens is 164 g/mol. The number of nitrogens with one attached hydrogen (secondary N) is 1. The third kappa shape index (κ3) is 2.21. The summed E-state index contributed by atoms with van der Waals surface area (Å²) < 4.78 is 0. The van der Waals surface area contributed by atoms with Crippen molar-refractivity contribution in [1.29, 1.82) is 0 Å². The summed E-state index contributed by atoms with van der Waals surface area (Å²) in [7, 11) is 0. The monoisotopic (exact) mass is 184 g/mol. The Bertz CT molecular complexity index is 181. The summed E-state index contributed by atoms with van der Waals surface area (Å²) >= 11 is 0. The zero-order chi connectivity index (χ0) is 10.0. The average Bonchev–Trinajstić information content (AvgIpc) is 2.03. The Balaban J connectivity index is 2.68. The van der Waals surface area contributed by atoms with E-state index in [1.165, 1.54) is 0 Å². The van der Waals surface area contributed by atoms with E-state index in [0.29, 0.717) is 12.1 Å². The minimum absolute atomic E-state index is 0.114. The summed E-state index contributed by atoms with van der Waals surface area (Å²) in [6, 6.07) is 0.664. The van der Waals surface area contributed by atoms with Crippen molar-refractivity contribution in [3.05, 3.63) is 0 Å². The van der Waals surface area contributed by atoms with E-state index in [0.717, 1.165) is 13.1 Å². The van der Waals surface area contributed by atoms with Crippen LogP contribution in [-0.2, 0) is 4.79 Å². The topological polar surface area (TPSA) is 32.3 Å². The number of carbonyl (C=O) groups excluding carboxylic acids is 1. The number of hydrogen-bond donors (Lipinski definition) is 1. The van der Waals surface area contributed by atoms with Crippen molar-refractivity contribution in [3.63, 3.8) is 0 Å². The number of piperazine rings is 1. The Morgan fingerprint density at radius 3 is 2.15 bits per heavy atom. The Labute approximate surface area is 80.5 Å². The van der Waals surface area contributed by atoms with Crippen LogP contribution in [0.15, 0.2) is 0 Å². The third-order valence-electron chi connectivity index (χ3n) is 2.58. The summed E-state index contributed by atoms with van der Waals surface area (Å²) in [4.78, 5) is 13.8. The largest absolute Gasteiger partial charge is 0.335 e. The molecule has 1 saturated heterocycles. The van der Waals surface area contributed by atoms with E-state index in [4.69, 9.17) is 0 Å². The first kappa shape index (κ1) is 10.5. The SMILES string of the molecule is CC(C)C(=O)N1[C@H](C)CNC[C@@H]1C. The predicted octanol–water partition coefficient (Wildman–Crippen LogP) is 0.851. The second-order valence-electron chi connectivity index (χ2n) is 4.26. The van der Waals surface area contributed by atoms with Gasteiger partial charge in [0, 0.05) is 31.1 Å². The van der Waals surface area contributed by atoms with Crippen LogP contribution in [0.4, 0.5) is 0 Å². The van der Waals surface area contributed by atoms with Crippen molar-refractivity contribution in [2.45, 2.75) is 39.8 Å². The van der Waals surface area contributed by atoms with Crippen LogP contribution in [0.1, 0.15) is 27.7 Å². The molecule has 3 heteroatoms. The van der Waals surface area contributed by atoms with E-state index in [1.54, 1.807) is 0 Å². The molecule has 1 rings (SSSR count). The molecule has 0 aromatic carbocycles. The molecule has 0 spiro atoms. The fourth-order valence-electron chi connectivity index (χ4n) is 1.86. The molecule has 1 aliphatic heterocycles. The molecule has 1 aliphatic rings. The Kier molecular flexibility index (Phi) is 3.31. The van der Waals surface area contributed by atoms with Gasteiger partial charge in [-0.05, 0) is 13.8 Å². The molecule has 13 heavy (non-hydrogen) atoms. The zero-order valence-corrected chi connectivity index (χ0v) is 9.00. The van der Waals surface area contributed by atoms with Gasteiger partial charge in [-0.1, -0.05) is 13.8 Å². The predicted molar refractivity (Wildman–Crippen MR) is 53.5 cm³/mol. The highest BCUT2D eigenvalue weighted by atomic mass is 16.2. The molecule has 0 aromatic rings. The molecule has 2 atom stereocenters. The van der Waals surface area contributed by atoms with Crippen molar-refractivity contribution >= 4 is 5.91 Å². The molecule has 76 valence electrons. The summed E-state index contributed by atoms with van der Waals surface area (Å²) in [6.07, 6.45) is 0. The molecular formula is C10H20N2O. The van der Waals surface area contributed by atoms with Crippen LogP contribution in [0.3, 0.4) is 0 Å². The van der Waals surface area contributed by atoms with Crippen LogP contribution >= 0.6 is 0 Å².